The molecular formula is C8H15N5O. The van der Waals surface area contributed by atoms with Crippen LogP contribution in [-0.4, -0.2) is 40.4 Å². The highest BCUT2D eigenvalue weighted by atomic mass is 16.5. The molecule has 6 nitrogen and oxygen atoms in total. The fraction of sp³-hybridized carbons (Fsp3) is 0.875. The zero-order valence-corrected chi connectivity index (χ0v) is 8.07. The number of nitrogens with two attached hydrogens (primary N) is 1. The van der Waals surface area contributed by atoms with Gasteiger partial charge in [-0.2, -0.15) is 0 Å². The first-order valence-electron chi connectivity index (χ1n) is 4.85. The molecular weight excluding hydrogens is 182 g/mol. The summed E-state index contributed by atoms with van der Waals surface area (Å²) in [6, 6.07) is 0. The number of nitrogens with zero attached hydrogens (tertiary/aromatic N) is 3. The molecule has 2 heterocycles. The van der Waals surface area contributed by atoms with Crippen LogP contribution in [0.25, 0.3) is 0 Å². The Morgan fingerprint density at radius 2 is 2.21 bits per heavy atom. The predicted octanol–water partition coefficient (Wildman–Crippen LogP) is -0.502. The normalized spacial score (nSPS) is 20.9. The lowest BCUT2D eigenvalue weighted by atomic mass is 9.77. The van der Waals surface area contributed by atoms with Crippen LogP contribution in [0.5, 0.6) is 0 Å². The third-order valence-electron chi connectivity index (χ3n) is 2.92. The van der Waals surface area contributed by atoms with Crippen molar-refractivity contribution in [2.24, 2.45) is 11.1 Å². The van der Waals surface area contributed by atoms with Gasteiger partial charge in [0.05, 0.1) is 0 Å². The van der Waals surface area contributed by atoms with E-state index in [1.165, 1.54) is 0 Å². The SMILES string of the molecule is NCC1(Cc2nnn[nH]2)CCOCC1. The largest absolute Gasteiger partial charge is 0.381 e. The lowest BCUT2D eigenvalue weighted by molar-refractivity contribution is 0.0182. The summed E-state index contributed by atoms with van der Waals surface area (Å²) in [5.41, 5.74) is 5.94. The Morgan fingerprint density at radius 3 is 2.79 bits per heavy atom. The van der Waals surface area contributed by atoms with Crippen LogP contribution in [0.3, 0.4) is 0 Å². The maximum atomic E-state index is 5.82. The maximum Gasteiger partial charge on any atom is 0.149 e. The summed E-state index contributed by atoms with van der Waals surface area (Å²) in [4.78, 5) is 0. The van der Waals surface area contributed by atoms with Crippen LogP contribution in [-0.2, 0) is 11.2 Å². The van der Waals surface area contributed by atoms with Crippen molar-refractivity contribution in [3.63, 3.8) is 0 Å². The number of tetrazole rings is 1. The molecule has 1 saturated heterocycles. The Morgan fingerprint density at radius 1 is 1.43 bits per heavy atom. The number of rotatable bonds is 3. The fourth-order valence-electron chi connectivity index (χ4n) is 1.87. The molecule has 78 valence electrons. The molecule has 0 amide bonds. The summed E-state index contributed by atoms with van der Waals surface area (Å²) in [6.45, 7) is 2.24. The molecule has 1 fully saturated rings. The number of aromatic nitrogens is 4. The number of ether oxygens (including phenoxy) is 1. The van der Waals surface area contributed by atoms with Gasteiger partial charge in [-0.1, -0.05) is 0 Å². The van der Waals surface area contributed by atoms with Crippen LogP contribution in [0.15, 0.2) is 0 Å². The van der Waals surface area contributed by atoms with Crippen molar-refractivity contribution >= 4 is 0 Å². The standard InChI is InChI=1S/C8H15N5O/c9-6-8(1-3-14-4-2-8)5-7-10-12-13-11-7/h1-6,9H2,(H,10,11,12,13). The van der Waals surface area contributed by atoms with E-state index in [9.17, 15) is 0 Å². The Hall–Kier alpha value is -1.01. The van der Waals surface area contributed by atoms with Gasteiger partial charge in [0.15, 0.2) is 0 Å². The van der Waals surface area contributed by atoms with Crippen molar-refractivity contribution in [1.82, 2.24) is 20.6 Å². The molecule has 0 aliphatic carbocycles. The summed E-state index contributed by atoms with van der Waals surface area (Å²) >= 11 is 0. The Bertz CT molecular complexity index is 267. The van der Waals surface area contributed by atoms with Gasteiger partial charge in [-0.15, -0.1) is 5.10 Å². The van der Waals surface area contributed by atoms with Gasteiger partial charge in [0, 0.05) is 19.6 Å². The Balaban J connectivity index is 2.04. The summed E-state index contributed by atoms with van der Waals surface area (Å²) < 4.78 is 5.33. The highest BCUT2D eigenvalue weighted by Gasteiger charge is 2.32. The molecule has 1 aromatic heterocycles. The highest BCUT2D eigenvalue weighted by molar-refractivity contribution is 4.92. The van der Waals surface area contributed by atoms with Gasteiger partial charge in [-0.05, 0) is 35.2 Å². The van der Waals surface area contributed by atoms with Gasteiger partial charge < -0.3 is 10.5 Å². The zero-order valence-electron chi connectivity index (χ0n) is 8.07. The molecule has 0 radical (unpaired) electrons. The molecule has 0 unspecified atom stereocenters. The topological polar surface area (TPSA) is 89.7 Å². The summed E-state index contributed by atoms with van der Waals surface area (Å²) in [5, 5.41) is 13.8. The van der Waals surface area contributed by atoms with Gasteiger partial charge in [-0.25, -0.2) is 5.10 Å². The van der Waals surface area contributed by atoms with Gasteiger partial charge in [0.2, 0.25) is 0 Å². The first kappa shape index (κ1) is 9.54. The van der Waals surface area contributed by atoms with Crippen LogP contribution in [0.1, 0.15) is 18.7 Å². The van der Waals surface area contributed by atoms with E-state index in [1.807, 2.05) is 0 Å². The molecule has 0 spiro atoms. The van der Waals surface area contributed by atoms with Gasteiger partial charge >= 0.3 is 0 Å². The third kappa shape index (κ3) is 1.91. The van der Waals surface area contributed by atoms with Crippen LogP contribution in [0, 0.1) is 5.41 Å². The Labute approximate surface area is 82.2 Å². The van der Waals surface area contributed by atoms with Gasteiger partial charge in [-0.3, -0.25) is 0 Å². The van der Waals surface area contributed by atoms with E-state index in [2.05, 4.69) is 20.6 Å². The molecule has 6 heteroatoms. The van der Waals surface area contributed by atoms with Gasteiger partial charge in [0.1, 0.15) is 5.82 Å². The molecule has 1 aliphatic heterocycles. The minimum atomic E-state index is 0.124. The van der Waals surface area contributed by atoms with Crippen LogP contribution < -0.4 is 5.73 Å². The van der Waals surface area contributed by atoms with Crippen molar-refractivity contribution in [2.45, 2.75) is 19.3 Å². The lowest BCUT2D eigenvalue weighted by Crippen LogP contribution is -2.38. The molecule has 14 heavy (non-hydrogen) atoms. The van der Waals surface area contributed by atoms with E-state index in [0.29, 0.717) is 6.54 Å². The lowest BCUT2D eigenvalue weighted by Gasteiger charge is -2.35. The minimum absolute atomic E-state index is 0.124. The predicted molar refractivity (Wildman–Crippen MR) is 49.4 cm³/mol. The van der Waals surface area contributed by atoms with Crippen molar-refractivity contribution in [2.75, 3.05) is 19.8 Å². The second-order valence-corrected chi connectivity index (χ2v) is 3.84. The smallest absolute Gasteiger partial charge is 0.149 e. The Kier molecular flexibility index (Phi) is 2.74. The van der Waals surface area contributed by atoms with Crippen LogP contribution in [0.2, 0.25) is 0 Å². The maximum absolute atomic E-state index is 5.82. The monoisotopic (exact) mass is 197 g/mol. The van der Waals surface area contributed by atoms with E-state index in [4.69, 9.17) is 10.5 Å². The average Bonchev–Trinajstić information content (AvgIpc) is 2.72. The van der Waals surface area contributed by atoms with Crippen molar-refractivity contribution in [3.05, 3.63) is 5.82 Å². The first-order chi connectivity index (χ1) is 6.85. The van der Waals surface area contributed by atoms with E-state index in [-0.39, 0.29) is 5.41 Å². The second-order valence-electron chi connectivity index (χ2n) is 3.84. The number of aromatic amines is 1. The number of nitrogens with one attached hydrogen (secondary N) is 1. The van der Waals surface area contributed by atoms with Crippen LogP contribution >= 0.6 is 0 Å². The number of hydrogen-bond acceptors (Lipinski definition) is 5. The number of hydrogen-bond donors (Lipinski definition) is 2. The molecule has 0 saturated carbocycles. The first-order valence-corrected chi connectivity index (χ1v) is 4.85. The van der Waals surface area contributed by atoms with E-state index < -0.39 is 0 Å². The summed E-state index contributed by atoms with van der Waals surface area (Å²) in [6.07, 6.45) is 2.80. The van der Waals surface area contributed by atoms with E-state index >= 15 is 0 Å². The third-order valence-corrected chi connectivity index (χ3v) is 2.92. The molecule has 1 aromatic rings. The van der Waals surface area contributed by atoms with E-state index in [1.54, 1.807) is 0 Å². The second kappa shape index (κ2) is 4.02. The zero-order chi connectivity index (χ0) is 9.86. The van der Waals surface area contributed by atoms with Crippen molar-refractivity contribution in [1.29, 1.82) is 0 Å². The minimum Gasteiger partial charge on any atom is -0.381 e. The fourth-order valence-corrected chi connectivity index (χ4v) is 1.87. The molecule has 3 N–H and O–H groups in total. The molecule has 2 rings (SSSR count). The van der Waals surface area contributed by atoms with Crippen LogP contribution in [0.4, 0.5) is 0 Å². The van der Waals surface area contributed by atoms with Gasteiger partial charge in [0.25, 0.3) is 0 Å². The molecule has 1 aliphatic rings. The van der Waals surface area contributed by atoms with Crippen molar-refractivity contribution in [3.8, 4) is 0 Å². The highest BCUT2D eigenvalue weighted by Crippen LogP contribution is 2.31. The average molecular weight is 197 g/mol. The van der Waals surface area contributed by atoms with Crippen molar-refractivity contribution < 1.29 is 4.74 Å². The summed E-state index contributed by atoms with van der Waals surface area (Å²) in [5.74, 6) is 0.817. The molecule has 0 atom stereocenters. The number of H-pyrrole nitrogens is 1. The quantitative estimate of drug-likeness (QED) is 0.681. The molecule has 0 bridgehead atoms. The molecule has 0 aromatic carbocycles. The summed E-state index contributed by atoms with van der Waals surface area (Å²) in [7, 11) is 0. The van der Waals surface area contributed by atoms with E-state index in [0.717, 1.165) is 38.3 Å².